The number of allylic oxidation sites excluding steroid dienone is 9. The maximum Gasteiger partial charge on any atom is 0.0114 e. The summed E-state index contributed by atoms with van der Waals surface area (Å²) < 4.78 is 0. The minimum absolute atomic E-state index is 0.0168. The molecule has 40 heavy (non-hydrogen) atoms. The van der Waals surface area contributed by atoms with Gasteiger partial charge < -0.3 is 0 Å². The first kappa shape index (κ1) is 31.4. The number of rotatable bonds is 10. The van der Waals surface area contributed by atoms with Gasteiger partial charge in [-0.25, -0.2) is 0 Å². The Morgan fingerprint density at radius 2 is 1.75 bits per heavy atom. The van der Waals surface area contributed by atoms with E-state index in [1.54, 1.807) is 0 Å². The van der Waals surface area contributed by atoms with Crippen LogP contribution in [0.3, 0.4) is 0 Å². The third-order valence-corrected chi connectivity index (χ3v) is 9.45. The highest BCUT2D eigenvalue weighted by molar-refractivity contribution is 5.75. The molecular formula is C40H52. The summed E-state index contributed by atoms with van der Waals surface area (Å²) in [5.41, 5.74) is 14.9. The summed E-state index contributed by atoms with van der Waals surface area (Å²) in [4.78, 5) is 0. The van der Waals surface area contributed by atoms with Crippen LogP contribution in [0.4, 0.5) is 0 Å². The molecule has 0 amide bonds. The van der Waals surface area contributed by atoms with Crippen LogP contribution in [0, 0.1) is 12.8 Å². The molecule has 0 spiro atoms. The Kier molecular flexibility index (Phi) is 9.56. The van der Waals surface area contributed by atoms with E-state index in [9.17, 15) is 0 Å². The molecule has 1 aliphatic rings. The Balaban J connectivity index is 2.32. The predicted octanol–water partition coefficient (Wildman–Crippen LogP) is 11.5. The third-order valence-electron chi connectivity index (χ3n) is 9.45. The van der Waals surface area contributed by atoms with Crippen LogP contribution in [0.5, 0.6) is 0 Å². The second-order valence-electron chi connectivity index (χ2n) is 12.9. The topological polar surface area (TPSA) is 0 Å². The van der Waals surface area contributed by atoms with E-state index in [4.69, 9.17) is 0 Å². The molecule has 0 saturated heterocycles. The van der Waals surface area contributed by atoms with Crippen LogP contribution in [0.15, 0.2) is 97.2 Å². The average Bonchev–Trinajstić information content (AvgIpc) is 3.17. The first-order valence-corrected chi connectivity index (χ1v) is 15.0. The van der Waals surface area contributed by atoms with E-state index in [1.165, 1.54) is 61.2 Å². The molecule has 0 heteroatoms. The minimum Gasteiger partial charge on any atom is -0.0991 e. The maximum atomic E-state index is 4.34. The molecular weight excluding hydrogens is 480 g/mol. The summed E-state index contributed by atoms with van der Waals surface area (Å²) in [6.45, 7) is 35.6. The fourth-order valence-corrected chi connectivity index (χ4v) is 6.91. The van der Waals surface area contributed by atoms with Gasteiger partial charge in [-0.05, 0) is 77.1 Å². The van der Waals surface area contributed by atoms with Gasteiger partial charge in [-0.2, -0.15) is 0 Å². The van der Waals surface area contributed by atoms with Crippen LogP contribution in [0.2, 0.25) is 0 Å². The highest BCUT2D eigenvalue weighted by Gasteiger charge is 2.37. The van der Waals surface area contributed by atoms with E-state index >= 15 is 0 Å². The van der Waals surface area contributed by atoms with Gasteiger partial charge in [0.25, 0.3) is 0 Å². The van der Waals surface area contributed by atoms with E-state index in [2.05, 4.69) is 138 Å². The van der Waals surface area contributed by atoms with Gasteiger partial charge in [0, 0.05) is 16.7 Å². The lowest BCUT2D eigenvalue weighted by molar-refractivity contribution is 0.535. The Hall–Kier alpha value is -3.12. The van der Waals surface area contributed by atoms with Crippen LogP contribution in [-0.2, 0) is 17.3 Å². The fraction of sp³-hybridized carbons (Fsp3) is 0.400. The van der Waals surface area contributed by atoms with Gasteiger partial charge in [0.15, 0.2) is 0 Å². The normalized spacial score (nSPS) is 17.2. The van der Waals surface area contributed by atoms with Gasteiger partial charge in [0.2, 0.25) is 0 Å². The van der Waals surface area contributed by atoms with Gasteiger partial charge >= 0.3 is 0 Å². The Morgan fingerprint density at radius 3 is 2.30 bits per heavy atom. The SMILES string of the molecule is C=C/C=C1\Cc2c(C(C)c3cc(/C(C=C)=C/C)cc(C(C)(C)/C(=C/C(=C)CC)C(C)C)c3C)cccc2C1(C)C. The lowest BCUT2D eigenvalue weighted by Crippen LogP contribution is -2.26. The summed E-state index contributed by atoms with van der Waals surface area (Å²) in [5.74, 6) is 0.667. The summed E-state index contributed by atoms with van der Waals surface area (Å²) >= 11 is 0. The average molecular weight is 533 g/mol. The van der Waals surface area contributed by atoms with E-state index in [1.807, 2.05) is 12.2 Å². The van der Waals surface area contributed by atoms with Crippen molar-refractivity contribution in [2.75, 3.05) is 0 Å². The molecule has 212 valence electrons. The smallest absolute Gasteiger partial charge is 0.0114 e. The Labute approximate surface area is 246 Å². The zero-order valence-corrected chi connectivity index (χ0v) is 27.0. The number of hydrogen-bond acceptors (Lipinski definition) is 0. The summed E-state index contributed by atoms with van der Waals surface area (Å²) in [5, 5.41) is 0. The molecule has 0 heterocycles. The minimum atomic E-state index is -0.151. The van der Waals surface area contributed by atoms with E-state index in [-0.39, 0.29) is 16.7 Å². The molecule has 2 aromatic carbocycles. The van der Waals surface area contributed by atoms with Crippen molar-refractivity contribution in [2.24, 2.45) is 5.92 Å². The summed E-state index contributed by atoms with van der Waals surface area (Å²) in [6, 6.07) is 11.8. The highest BCUT2D eigenvalue weighted by atomic mass is 14.4. The zero-order valence-electron chi connectivity index (χ0n) is 27.0. The Morgan fingerprint density at radius 1 is 1.07 bits per heavy atom. The molecule has 0 bridgehead atoms. The van der Waals surface area contributed by atoms with Gasteiger partial charge in [0.05, 0.1) is 0 Å². The highest BCUT2D eigenvalue weighted by Crippen LogP contribution is 2.47. The van der Waals surface area contributed by atoms with Crippen molar-refractivity contribution in [3.8, 4) is 0 Å². The van der Waals surface area contributed by atoms with E-state index < -0.39 is 0 Å². The lowest BCUT2D eigenvalue weighted by Gasteiger charge is -2.35. The largest absolute Gasteiger partial charge is 0.0991 e. The van der Waals surface area contributed by atoms with Gasteiger partial charge in [-0.1, -0.05) is 153 Å². The molecule has 0 aliphatic heterocycles. The number of benzene rings is 2. The number of fused-ring (bicyclic) bond motifs is 1. The Bertz CT molecular complexity index is 1390. The van der Waals surface area contributed by atoms with Crippen LogP contribution < -0.4 is 0 Å². The van der Waals surface area contributed by atoms with Crippen molar-refractivity contribution >= 4 is 5.57 Å². The van der Waals surface area contributed by atoms with Crippen molar-refractivity contribution in [2.45, 2.75) is 98.8 Å². The van der Waals surface area contributed by atoms with Crippen LogP contribution >= 0.6 is 0 Å². The molecule has 1 unspecified atom stereocenters. The van der Waals surface area contributed by atoms with Gasteiger partial charge in [0.1, 0.15) is 0 Å². The van der Waals surface area contributed by atoms with E-state index in [0.717, 1.165) is 12.8 Å². The van der Waals surface area contributed by atoms with Crippen molar-refractivity contribution in [3.63, 3.8) is 0 Å². The van der Waals surface area contributed by atoms with Gasteiger partial charge in [-0.15, -0.1) is 0 Å². The second-order valence-corrected chi connectivity index (χ2v) is 12.9. The van der Waals surface area contributed by atoms with Crippen LogP contribution in [0.1, 0.15) is 114 Å². The zero-order chi connectivity index (χ0) is 30.0. The predicted molar refractivity (Wildman–Crippen MR) is 179 cm³/mol. The quantitative estimate of drug-likeness (QED) is 0.267. The van der Waals surface area contributed by atoms with Crippen molar-refractivity contribution < 1.29 is 0 Å². The van der Waals surface area contributed by atoms with Crippen molar-refractivity contribution in [3.05, 3.63) is 136 Å². The molecule has 0 radical (unpaired) electrons. The molecule has 2 aromatic rings. The first-order chi connectivity index (χ1) is 18.8. The van der Waals surface area contributed by atoms with E-state index in [0.29, 0.717) is 5.92 Å². The summed E-state index contributed by atoms with van der Waals surface area (Å²) in [6.07, 6.45) is 12.6. The molecule has 0 fully saturated rings. The van der Waals surface area contributed by atoms with Crippen molar-refractivity contribution in [1.82, 2.24) is 0 Å². The van der Waals surface area contributed by atoms with Crippen LogP contribution in [0.25, 0.3) is 5.57 Å². The van der Waals surface area contributed by atoms with Gasteiger partial charge in [-0.3, -0.25) is 0 Å². The van der Waals surface area contributed by atoms with Crippen LogP contribution in [-0.4, -0.2) is 0 Å². The fourth-order valence-electron chi connectivity index (χ4n) is 6.91. The second kappa shape index (κ2) is 12.2. The molecule has 1 aliphatic carbocycles. The molecule has 3 rings (SSSR count). The molecule has 0 nitrogen and oxygen atoms in total. The standard InChI is InChI=1S/C40H52/c1-14-19-32-25-35-33(20-18-21-36(35)39(32,10)11)28(8)34-23-31(30(16-3)17-4)24-38(29(34)9)40(12,13)37(26(5)6)22-27(7)15-2/h14,16-24,26,28H,1,3,7,15,25H2,2,4-6,8-13H3/b30-17+,32-19+,37-22+. The maximum absolute atomic E-state index is 4.34. The third kappa shape index (κ3) is 5.69. The van der Waals surface area contributed by atoms with Crippen molar-refractivity contribution in [1.29, 1.82) is 0 Å². The first-order valence-electron chi connectivity index (χ1n) is 15.0. The summed E-state index contributed by atoms with van der Waals surface area (Å²) in [7, 11) is 0. The monoisotopic (exact) mass is 532 g/mol. The molecule has 0 saturated carbocycles. The molecule has 1 atom stereocenters. The lowest BCUT2D eigenvalue weighted by atomic mass is 9.69. The number of hydrogen-bond donors (Lipinski definition) is 0. The molecule has 0 N–H and O–H groups in total. The molecule has 0 aromatic heterocycles.